The summed E-state index contributed by atoms with van der Waals surface area (Å²) in [6.07, 6.45) is 0.481. The van der Waals surface area contributed by atoms with Crippen molar-refractivity contribution in [3.63, 3.8) is 0 Å². The molecule has 1 aliphatic heterocycles. The van der Waals surface area contributed by atoms with E-state index in [4.69, 9.17) is 14.2 Å². The zero-order valence-corrected chi connectivity index (χ0v) is 20.1. The molecule has 0 bridgehead atoms. The van der Waals surface area contributed by atoms with Crippen LogP contribution in [0.15, 0.2) is 41.3 Å². The van der Waals surface area contributed by atoms with Crippen molar-refractivity contribution < 1.29 is 32.2 Å². The predicted octanol–water partition coefficient (Wildman–Crippen LogP) is 2.26. The number of esters is 1. The van der Waals surface area contributed by atoms with Gasteiger partial charge in [0.15, 0.2) is 11.5 Å². The molecule has 2 aromatic rings. The number of carbonyl (C=O) groups is 2. The molecule has 0 radical (unpaired) electrons. The topological polar surface area (TPSA) is 102 Å². The molecule has 0 spiro atoms. The van der Waals surface area contributed by atoms with E-state index in [0.717, 1.165) is 15.4 Å². The number of ether oxygens (including phenoxy) is 3. The maximum atomic E-state index is 13.5. The summed E-state index contributed by atoms with van der Waals surface area (Å²) in [6, 6.07) is 8.92. The summed E-state index contributed by atoms with van der Waals surface area (Å²) < 4.78 is 41.9. The molecule has 9 nitrogen and oxygen atoms in total. The lowest BCUT2D eigenvalue weighted by Crippen LogP contribution is -2.41. The number of rotatable bonds is 7. The first-order valence-corrected chi connectivity index (χ1v) is 11.7. The van der Waals surface area contributed by atoms with Gasteiger partial charge < -0.3 is 19.1 Å². The first-order valence-electron chi connectivity index (χ1n) is 10.3. The number of sulfonamides is 1. The Balaban J connectivity index is 2.05. The SMILES string of the molecule is COC(=O)C[C@H]1c2cc(OC)c(OC)cc2CCN1C(=O)c1cccc(S(=O)(=O)N(C)C)c1. The van der Waals surface area contributed by atoms with Crippen molar-refractivity contribution >= 4 is 21.9 Å². The average molecular weight is 477 g/mol. The van der Waals surface area contributed by atoms with E-state index in [9.17, 15) is 18.0 Å². The number of hydrogen-bond donors (Lipinski definition) is 0. The van der Waals surface area contributed by atoms with Gasteiger partial charge in [0.05, 0.1) is 38.7 Å². The van der Waals surface area contributed by atoms with Gasteiger partial charge in [0.2, 0.25) is 10.0 Å². The van der Waals surface area contributed by atoms with E-state index in [1.807, 2.05) is 6.07 Å². The van der Waals surface area contributed by atoms with Crippen molar-refractivity contribution in [3.8, 4) is 11.5 Å². The minimum Gasteiger partial charge on any atom is -0.493 e. The van der Waals surface area contributed by atoms with Crippen LogP contribution in [-0.2, 0) is 26.0 Å². The lowest BCUT2D eigenvalue weighted by Gasteiger charge is -2.37. The van der Waals surface area contributed by atoms with Crippen LogP contribution in [0.3, 0.4) is 0 Å². The van der Waals surface area contributed by atoms with Crippen LogP contribution < -0.4 is 9.47 Å². The summed E-state index contributed by atoms with van der Waals surface area (Å²) in [5.74, 6) is 0.207. The van der Waals surface area contributed by atoms with E-state index in [-0.39, 0.29) is 22.8 Å². The second kappa shape index (κ2) is 9.80. The molecule has 1 heterocycles. The van der Waals surface area contributed by atoms with Crippen LogP contribution in [0.5, 0.6) is 11.5 Å². The number of carbonyl (C=O) groups excluding carboxylic acids is 2. The smallest absolute Gasteiger partial charge is 0.307 e. The molecule has 0 fully saturated rings. The Labute approximate surface area is 193 Å². The third kappa shape index (κ3) is 4.81. The normalized spacial score (nSPS) is 15.7. The maximum Gasteiger partial charge on any atom is 0.307 e. The molecule has 0 saturated carbocycles. The summed E-state index contributed by atoms with van der Waals surface area (Å²) in [4.78, 5) is 27.4. The second-order valence-corrected chi connectivity index (χ2v) is 9.92. The van der Waals surface area contributed by atoms with Crippen LogP contribution in [0.1, 0.15) is 33.9 Å². The van der Waals surface area contributed by atoms with Crippen LogP contribution >= 0.6 is 0 Å². The zero-order chi connectivity index (χ0) is 24.3. The van der Waals surface area contributed by atoms with Crippen molar-refractivity contribution in [2.75, 3.05) is 42.0 Å². The summed E-state index contributed by atoms with van der Waals surface area (Å²) in [6.45, 7) is 0.341. The molecule has 1 aliphatic rings. The number of methoxy groups -OCH3 is 3. The van der Waals surface area contributed by atoms with Crippen molar-refractivity contribution in [2.24, 2.45) is 0 Å². The second-order valence-electron chi connectivity index (χ2n) is 7.77. The summed E-state index contributed by atoms with van der Waals surface area (Å²) in [5, 5.41) is 0. The molecule has 178 valence electrons. The molecule has 1 atom stereocenters. The van der Waals surface area contributed by atoms with E-state index >= 15 is 0 Å². The number of nitrogens with zero attached hydrogens (tertiary/aromatic N) is 2. The zero-order valence-electron chi connectivity index (χ0n) is 19.3. The first kappa shape index (κ1) is 24.5. The van der Waals surface area contributed by atoms with E-state index in [1.165, 1.54) is 46.5 Å². The summed E-state index contributed by atoms with van der Waals surface area (Å²) in [5.41, 5.74) is 1.92. The Morgan fingerprint density at radius 2 is 1.73 bits per heavy atom. The highest BCUT2D eigenvalue weighted by Crippen LogP contribution is 2.40. The largest absolute Gasteiger partial charge is 0.493 e. The van der Waals surface area contributed by atoms with Crippen LogP contribution in [0.4, 0.5) is 0 Å². The monoisotopic (exact) mass is 476 g/mol. The van der Waals surface area contributed by atoms with Crippen LogP contribution in [0, 0.1) is 0 Å². The minimum atomic E-state index is -3.71. The first-order chi connectivity index (χ1) is 15.6. The lowest BCUT2D eigenvalue weighted by atomic mass is 9.89. The molecular weight excluding hydrogens is 448 g/mol. The van der Waals surface area contributed by atoms with Crippen molar-refractivity contribution in [1.82, 2.24) is 9.21 Å². The lowest BCUT2D eigenvalue weighted by molar-refractivity contribution is -0.141. The van der Waals surface area contributed by atoms with Gasteiger partial charge in [-0.05, 0) is 47.9 Å². The standard InChI is InChI=1S/C23H28N2O7S/c1-24(2)33(28,29)17-8-6-7-16(11-17)23(27)25-10-9-15-12-20(30-3)21(31-4)13-18(15)19(25)14-22(26)32-5/h6-8,11-13,19H,9-10,14H2,1-5H3/t19-/m0/s1. The van der Waals surface area contributed by atoms with Gasteiger partial charge in [-0.25, -0.2) is 12.7 Å². The van der Waals surface area contributed by atoms with E-state index in [2.05, 4.69) is 0 Å². The van der Waals surface area contributed by atoms with Crippen molar-refractivity contribution in [1.29, 1.82) is 0 Å². The van der Waals surface area contributed by atoms with Crippen LogP contribution in [0.2, 0.25) is 0 Å². The summed E-state index contributed by atoms with van der Waals surface area (Å²) >= 11 is 0. The fourth-order valence-corrected chi connectivity index (χ4v) is 4.85. The van der Waals surface area contributed by atoms with Gasteiger partial charge in [0.1, 0.15) is 0 Å². The Kier molecular flexibility index (Phi) is 7.28. The van der Waals surface area contributed by atoms with Gasteiger partial charge in [0.25, 0.3) is 5.91 Å². The minimum absolute atomic E-state index is 0.0201. The third-order valence-electron chi connectivity index (χ3n) is 5.71. The Hall–Kier alpha value is -3.11. The maximum absolute atomic E-state index is 13.5. The van der Waals surface area contributed by atoms with Crippen LogP contribution in [0.25, 0.3) is 0 Å². The Bertz CT molecular complexity index is 1160. The van der Waals surface area contributed by atoms with Crippen molar-refractivity contribution in [2.45, 2.75) is 23.8 Å². The molecule has 1 amide bonds. The fourth-order valence-electron chi connectivity index (χ4n) is 3.90. The molecule has 33 heavy (non-hydrogen) atoms. The van der Waals surface area contributed by atoms with Crippen molar-refractivity contribution in [3.05, 3.63) is 53.1 Å². The average Bonchev–Trinajstić information content (AvgIpc) is 2.82. The van der Waals surface area contributed by atoms with Gasteiger partial charge in [-0.2, -0.15) is 0 Å². The van der Waals surface area contributed by atoms with E-state index < -0.39 is 22.0 Å². The summed E-state index contributed by atoms with van der Waals surface area (Å²) in [7, 11) is 3.51. The number of hydrogen-bond acceptors (Lipinski definition) is 7. The molecule has 0 aliphatic carbocycles. The number of fused-ring (bicyclic) bond motifs is 1. The Morgan fingerprint density at radius 3 is 2.33 bits per heavy atom. The number of amides is 1. The molecule has 10 heteroatoms. The van der Waals surface area contributed by atoms with Crippen LogP contribution in [-0.4, -0.2) is 71.5 Å². The molecule has 3 rings (SSSR count). The van der Waals surface area contributed by atoms with Gasteiger partial charge in [-0.3, -0.25) is 9.59 Å². The van der Waals surface area contributed by atoms with Gasteiger partial charge in [-0.15, -0.1) is 0 Å². The number of benzene rings is 2. The molecule has 0 saturated heterocycles. The van der Waals surface area contributed by atoms with E-state index in [1.54, 1.807) is 24.1 Å². The van der Waals surface area contributed by atoms with Gasteiger partial charge in [0, 0.05) is 26.2 Å². The molecule has 2 aromatic carbocycles. The predicted molar refractivity (Wildman–Crippen MR) is 121 cm³/mol. The van der Waals surface area contributed by atoms with Gasteiger partial charge >= 0.3 is 5.97 Å². The fraction of sp³-hybridized carbons (Fsp3) is 0.391. The molecule has 0 N–H and O–H groups in total. The molecule has 0 unspecified atom stereocenters. The molecule has 0 aromatic heterocycles. The molecular formula is C23H28N2O7S. The Morgan fingerprint density at radius 1 is 1.06 bits per heavy atom. The highest BCUT2D eigenvalue weighted by atomic mass is 32.2. The highest BCUT2D eigenvalue weighted by molar-refractivity contribution is 7.89. The van der Waals surface area contributed by atoms with Gasteiger partial charge in [-0.1, -0.05) is 6.07 Å². The highest BCUT2D eigenvalue weighted by Gasteiger charge is 2.35. The van der Waals surface area contributed by atoms with E-state index in [0.29, 0.717) is 24.5 Å². The quantitative estimate of drug-likeness (QED) is 0.565. The third-order valence-corrected chi connectivity index (χ3v) is 7.52.